The second kappa shape index (κ2) is 6.02. The lowest BCUT2D eigenvalue weighted by Gasteiger charge is -2.34. The van der Waals surface area contributed by atoms with Crippen molar-refractivity contribution in [3.8, 4) is 5.75 Å². The molecular weight excluding hydrogens is 273 g/mol. The molecule has 0 saturated carbocycles. The van der Waals surface area contributed by atoms with E-state index >= 15 is 0 Å². The minimum atomic E-state index is -0.919. The average Bonchev–Trinajstić information content (AvgIpc) is 2.88. The lowest BCUT2D eigenvalue weighted by atomic mass is 9.96. The lowest BCUT2D eigenvalue weighted by molar-refractivity contribution is -0.135. The maximum atomic E-state index is 13.7. The van der Waals surface area contributed by atoms with Crippen molar-refractivity contribution in [1.29, 1.82) is 0 Å². The summed E-state index contributed by atoms with van der Waals surface area (Å²) in [5.41, 5.74) is -0.308. The highest BCUT2D eigenvalue weighted by Crippen LogP contribution is 2.27. The highest BCUT2D eigenvalue weighted by Gasteiger charge is 2.38. The molecule has 1 aromatic rings. The van der Waals surface area contributed by atoms with E-state index in [4.69, 9.17) is 4.74 Å². The number of likely N-dealkylation sites (tertiary alicyclic amines) is 1. The van der Waals surface area contributed by atoms with Crippen LogP contribution in [0.3, 0.4) is 0 Å². The minimum Gasteiger partial charge on any atom is -0.494 e. The first kappa shape index (κ1) is 15.8. The molecule has 1 unspecified atom stereocenters. The Morgan fingerprint density at radius 1 is 1.52 bits per heavy atom. The number of halogens is 1. The summed E-state index contributed by atoms with van der Waals surface area (Å²) in [6, 6.07) is 4.36. The normalized spacial score (nSPS) is 18.9. The number of hydrogen-bond acceptors (Lipinski definition) is 3. The molecular formula is C16H22FNO3. The van der Waals surface area contributed by atoms with Gasteiger partial charge in [0.05, 0.1) is 25.2 Å². The van der Waals surface area contributed by atoms with Gasteiger partial charge in [0, 0.05) is 6.54 Å². The van der Waals surface area contributed by atoms with Crippen LogP contribution >= 0.6 is 0 Å². The second-order valence-electron chi connectivity index (χ2n) is 6.04. The van der Waals surface area contributed by atoms with E-state index < -0.39 is 11.4 Å². The number of nitrogens with zero attached hydrogens (tertiary/aromatic N) is 1. The van der Waals surface area contributed by atoms with E-state index in [-0.39, 0.29) is 24.1 Å². The summed E-state index contributed by atoms with van der Waals surface area (Å²) < 4.78 is 18.5. The first-order valence-electron chi connectivity index (χ1n) is 7.17. The number of carbonyl (C=O) groups excluding carboxylic acids is 1. The van der Waals surface area contributed by atoms with Crippen molar-refractivity contribution in [2.75, 3.05) is 13.7 Å². The van der Waals surface area contributed by atoms with Crippen LogP contribution in [0.4, 0.5) is 4.39 Å². The molecule has 116 valence electrons. The molecule has 1 heterocycles. The van der Waals surface area contributed by atoms with Gasteiger partial charge in [0.15, 0.2) is 11.6 Å². The molecule has 1 aliphatic heterocycles. The Hall–Kier alpha value is -1.62. The predicted molar refractivity (Wildman–Crippen MR) is 77.7 cm³/mol. The summed E-state index contributed by atoms with van der Waals surface area (Å²) in [5, 5.41) is 10.1. The third-order valence-electron chi connectivity index (χ3n) is 3.96. The van der Waals surface area contributed by atoms with Gasteiger partial charge in [-0.2, -0.15) is 0 Å². The fourth-order valence-electron chi connectivity index (χ4n) is 2.90. The molecule has 4 nitrogen and oxygen atoms in total. The van der Waals surface area contributed by atoms with E-state index in [9.17, 15) is 14.3 Å². The van der Waals surface area contributed by atoms with Gasteiger partial charge in [-0.05, 0) is 44.4 Å². The number of hydrogen-bond donors (Lipinski definition) is 1. The monoisotopic (exact) mass is 295 g/mol. The molecule has 5 heteroatoms. The van der Waals surface area contributed by atoms with Crippen molar-refractivity contribution >= 4 is 5.91 Å². The SMILES string of the molecule is COc1ccc(CC(=O)N2CCCC2C(C)(C)O)cc1F. The summed E-state index contributed by atoms with van der Waals surface area (Å²) in [6.07, 6.45) is 1.82. The van der Waals surface area contributed by atoms with Gasteiger partial charge in [0.25, 0.3) is 0 Å². The van der Waals surface area contributed by atoms with E-state index in [1.165, 1.54) is 19.2 Å². The smallest absolute Gasteiger partial charge is 0.227 e. The van der Waals surface area contributed by atoms with Crippen molar-refractivity contribution in [1.82, 2.24) is 4.90 Å². The largest absolute Gasteiger partial charge is 0.494 e. The fourth-order valence-corrected chi connectivity index (χ4v) is 2.90. The first-order valence-corrected chi connectivity index (χ1v) is 7.17. The van der Waals surface area contributed by atoms with E-state index in [0.29, 0.717) is 12.1 Å². The van der Waals surface area contributed by atoms with Gasteiger partial charge in [-0.3, -0.25) is 4.79 Å². The molecule has 1 atom stereocenters. The highest BCUT2D eigenvalue weighted by molar-refractivity contribution is 5.79. The van der Waals surface area contributed by atoms with Crippen LogP contribution in [0.15, 0.2) is 18.2 Å². The molecule has 1 N–H and O–H groups in total. The maximum absolute atomic E-state index is 13.7. The van der Waals surface area contributed by atoms with E-state index in [2.05, 4.69) is 0 Å². The van der Waals surface area contributed by atoms with Crippen LogP contribution < -0.4 is 4.74 Å². The molecule has 2 rings (SSSR count). The number of ether oxygens (including phenoxy) is 1. The third-order valence-corrected chi connectivity index (χ3v) is 3.96. The topological polar surface area (TPSA) is 49.8 Å². The molecule has 1 fully saturated rings. The third kappa shape index (κ3) is 3.53. The highest BCUT2D eigenvalue weighted by atomic mass is 19.1. The van der Waals surface area contributed by atoms with Crippen molar-refractivity contribution in [3.05, 3.63) is 29.6 Å². The molecule has 1 saturated heterocycles. The van der Waals surface area contributed by atoms with Gasteiger partial charge in [0.2, 0.25) is 5.91 Å². The number of aliphatic hydroxyl groups is 1. The number of amides is 1. The average molecular weight is 295 g/mol. The zero-order chi connectivity index (χ0) is 15.6. The molecule has 1 aliphatic rings. The van der Waals surface area contributed by atoms with Gasteiger partial charge < -0.3 is 14.7 Å². The van der Waals surface area contributed by atoms with Crippen LogP contribution in [0.25, 0.3) is 0 Å². The summed E-state index contributed by atoms with van der Waals surface area (Å²) >= 11 is 0. The molecule has 21 heavy (non-hydrogen) atoms. The van der Waals surface area contributed by atoms with Crippen molar-refractivity contribution < 1.29 is 19.0 Å². The Labute approximate surface area is 124 Å². The number of methoxy groups -OCH3 is 1. The van der Waals surface area contributed by atoms with Crippen molar-refractivity contribution in [3.63, 3.8) is 0 Å². The number of carbonyl (C=O) groups is 1. The number of benzene rings is 1. The van der Waals surface area contributed by atoms with Crippen LogP contribution in [-0.4, -0.2) is 41.2 Å². The van der Waals surface area contributed by atoms with Crippen LogP contribution in [-0.2, 0) is 11.2 Å². The maximum Gasteiger partial charge on any atom is 0.227 e. The predicted octanol–water partition coefficient (Wildman–Crippen LogP) is 2.14. The summed E-state index contributed by atoms with van der Waals surface area (Å²) in [4.78, 5) is 14.1. The van der Waals surface area contributed by atoms with Crippen LogP contribution in [0.5, 0.6) is 5.75 Å². The fraction of sp³-hybridized carbons (Fsp3) is 0.562. The quantitative estimate of drug-likeness (QED) is 0.926. The Morgan fingerprint density at radius 3 is 2.81 bits per heavy atom. The lowest BCUT2D eigenvalue weighted by Crippen LogP contribution is -2.48. The Kier molecular flexibility index (Phi) is 4.52. The zero-order valence-corrected chi connectivity index (χ0v) is 12.7. The Morgan fingerprint density at radius 2 is 2.24 bits per heavy atom. The first-order chi connectivity index (χ1) is 9.82. The minimum absolute atomic E-state index is 0.0795. The Bertz CT molecular complexity index is 525. The van der Waals surface area contributed by atoms with Gasteiger partial charge >= 0.3 is 0 Å². The van der Waals surface area contributed by atoms with Gasteiger partial charge in [-0.15, -0.1) is 0 Å². The summed E-state index contributed by atoms with van der Waals surface area (Å²) in [5.74, 6) is -0.380. The summed E-state index contributed by atoms with van der Waals surface area (Å²) in [7, 11) is 1.40. The van der Waals surface area contributed by atoms with Crippen LogP contribution in [0.2, 0.25) is 0 Å². The van der Waals surface area contributed by atoms with E-state index in [1.807, 2.05) is 0 Å². The summed E-state index contributed by atoms with van der Waals surface area (Å²) in [6.45, 7) is 4.08. The number of rotatable bonds is 4. The van der Waals surface area contributed by atoms with Crippen LogP contribution in [0, 0.1) is 5.82 Å². The molecule has 0 radical (unpaired) electrons. The molecule has 0 bridgehead atoms. The molecule has 1 aromatic carbocycles. The standard InChI is InChI=1S/C16H22FNO3/c1-16(2,20)14-5-4-8-18(14)15(19)10-11-6-7-13(21-3)12(17)9-11/h6-7,9,14,20H,4-5,8,10H2,1-3H3. The molecule has 1 amide bonds. The molecule has 0 aromatic heterocycles. The van der Waals surface area contributed by atoms with Crippen molar-refractivity contribution in [2.45, 2.75) is 44.8 Å². The van der Waals surface area contributed by atoms with Gasteiger partial charge in [0.1, 0.15) is 0 Å². The van der Waals surface area contributed by atoms with Crippen LogP contribution in [0.1, 0.15) is 32.3 Å². The van der Waals surface area contributed by atoms with Crippen molar-refractivity contribution in [2.24, 2.45) is 0 Å². The van der Waals surface area contributed by atoms with E-state index in [0.717, 1.165) is 12.8 Å². The van der Waals surface area contributed by atoms with E-state index in [1.54, 1.807) is 24.8 Å². The molecule has 0 aliphatic carbocycles. The van der Waals surface area contributed by atoms with Gasteiger partial charge in [-0.1, -0.05) is 6.07 Å². The van der Waals surface area contributed by atoms with Gasteiger partial charge in [-0.25, -0.2) is 4.39 Å². The second-order valence-corrected chi connectivity index (χ2v) is 6.04. The Balaban J connectivity index is 2.09. The zero-order valence-electron chi connectivity index (χ0n) is 12.7. The molecule has 0 spiro atoms.